The highest BCUT2D eigenvalue weighted by atomic mass is 32.1. The number of nitrogens with one attached hydrogen (secondary N) is 1. The van der Waals surface area contributed by atoms with Gasteiger partial charge in [-0.3, -0.25) is 9.59 Å². The molecule has 196 valence electrons. The third-order valence-electron chi connectivity index (χ3n) is 6.70. The molecule has 11 heteroatoms. The van der Waals surface area contributed by atoms with Crippen molar-refractivity contribution in [2.24, 2.45) is 5.92 Å². The number of hydrogen-bond donors (Lipinski definition) is 1. The zero-order valence-electron chi connectivity index (χ0n) is 21.4. The molecule has 0 bridgehead atoms. The van der Waals surface area contributed by atoms with E-state index in [2.05, 4.69) is 22.0 Å². The lowest BCUT2D eigenvalue weighted by Gasteiger charge is -2.17. The first-order valence-electron chi connectivity index (χ1n) is 12.8. The van der Waals surface area contributed by atoms with Crippen molar-refractivity contribution < 1.29 is 9.47 Å². The fourth-order valence-corrected chi connectivity index (χ4v) is 7.03. The van der Waals surface area contributed by atoms with Gasteiger partial charge in [-0.2, -0.15) is 9.61 Å². The van der Waals surface area contributed by atoms with Gasteiger partial charge in [0.1, 0.15) is 22.3 Å². The topological polar surface area (TPSA) is 111 Å². The van der Waals surface area contributed by atoms with E-state index in [-0.39, 0.29) is 17.7 Å². The van der Waals surface area contributed by atoms with Crippen molar-refractivity contribution in [3.63, 3.8) is 0 Å². The lowest BCUT2D eigenvalue weighted by atomic mass is 9.89. The molecule has 5 aromatic rings. The lowest BCUT2D eigenvalue weighted by molar-refractivity contribution is 0.266. The molecule has 6 rings (SSSR count). The van der Waals surface area contributed by atoms with E-state index in [0.717, 1.165) is 52.0 Å². The molecule has 0 aliphatic heterocycles. The first kappa shape index (κ1) is 24.7. The summed E-state index contributed by atoms with van der Waals surface area (Å²) in [7, 11) is 0. The van der Waals surface area contributed by atoms with E-state index in [9.17, 15) is 9.59 Å². The van der Waals surface area contributed by atoms with Crippen LogP contribution >= 0.6 is 22.7 Å². The molecule has 1 aliphatic rings. The van der Waals surface area contributed by atoms with Crippen molar-refractivity contribution in [1.29, 1.82) is 0 Å². The molecule has 1 atom stereocenters. The monoisotopic (exact) mass is 549 g/mol. The molecule has 0 saturated carbocycles. The van der Waals surface area contributed by atoms with E-state index in [4.69, 9.17) is 14.5 Å². The van der Waals surface area contributed by atoms with Gasteiger partial charge in [0.2, 0.25) is 4.96 Å². The number of ether oxygens (including phenoxy) is 2. The van der Waals surface area contributed by atoms with E-state index >= 15 is 0 Å². The third-order valence-corrected chi connectivity index (χ3v) is 8.90. The van der Waals surface area contributed by atoms with Crippen LogP contribution in [0.4, 0.5) is 0 Å². The van der Waals surface area contributed by atoms with Gasteiger partial charge in [0.05, 0.1) is 17.7 Å². The van der Waals surface area contributed by atoms with Gasteiger partial charge in [-0.05, 0) is 62.3 Å². The number of H-pyrrole nitrogens is 1. The molecular formula is C27H27N5O4S2. The number of rotatable bonds is 7. The Hall–Kier alpha value is -3.57. The standard InChI is InChI=1S/C27H27N5O4S2/c1-4-21-31-32-22(33)12-16(28-27(32)38-21)13-36-18-9-7-15(11-19(18)35-5-2)24-29-25(34)23-17-8-6-14(3)10-20(17)37-26(23)30-24/h7,9,11-12,14H,4-6,8,10,13H2,1-3H3,(H,29,30,34)/t14-/m1/s1. The molecule has 0 unspecified atom stereocenters. The largest absolute Gasteiger partial charge is 0.490 e. The van der Waals surface area contributed by atoms with Gasteiger partial charge in [0.15, 0.2) is 11.5 Å². The molecule has 4 aromatic heterocycles. The van der Waals surface area contributed by atoms with Crippen molar-refractivity contribution in [2.75, 3.05) is 6.61 Å². The quantitative estimate of drug-likeness (QED) is 0.311. The lowest BCUT2D eigenvalue weighted by Crippen LogP contribution is -2.16. The van der Waals surface area contributed by atoms with Crippen molar-refractivity contribution in [3.8, 4) is 22.9 Å². The molecular weight excluding hydrogens is 522 g/mol. The van der Waals surface area contributed by atoms with Crippen LogP contribution in [0, 0.1) is 5.92 Å². The number of aryl methyl sites for hydroxylation is 2. The Kier molecular flexibility index (Phi) is 6.48. The van der Waals surface area contributed by atoms with Gasteiger partial charge in [-0.1, -0.05) is 25.2 Å². The maximum atomic E-state index is 13.1. The molecule has 9 nitrogen and oxygen atoms in total. The average Bonchev–Trinajstić information content (AvgIpc) is 3.49. The first-order chi connectivity index (χ1) is 18.4. The van der Waals surface area contributed by atoms with Crippen molar-refractivity contribution in [3.05, 3.63) is 66.1 Å². The fraction of sp³-hybridized carbons (Fsp3) is 0.370. The molecule has 0 spiro atoms. The molecule has 1 aliphatic carbocycles. The number of hydrogen-bond acceptors (Lipinski definition) is 9. The van der Waals surface area contributed by atoms with Gasteiger partial charge in [0.25, 0.3) is 11.1 Å². The summed E-state index contributed by atoms with van der Waals surface area (Å²) in [6, 6.07) is 6.89. The fourth-order valence-electron chi connectivity index (χ4n) is 4.79. The second-order valence-corrected chi connectivity index (χ2v) is 11.6. The van der Waals surface area contributed by atoms with Crippen LogP contribution in [-0.2, 0) is 25.9 Å². The minimum Gasteiger partial charge on any atom is -0.490 e. The van der Waals surface area contributed by atoms with Gasteiger partial charge in [-0.25, -0.2) is 9.97 Å². The normalized spacial score (nSPS) is 15.2. The highest BCUT2D eigenvalue weighted by Gasteiger charge is 2.23. The SMILES string of the molecule is CCOc1cc(-c2nc3sc4c(c3c(=O)[nH]2)CC[C@@H](C)C4)ccc1OCc1cc(=O)n2nc(CC)sc2n1. The summed E-state index contributed by atoms with van der Waals surface area (Å²) in [6.07, 6.45) is 3.77. The van der Waals surface area contributed by atoms with Gasteiger partial charge >= 0.3 is 0 Å². The van der Waals surface area contributed by atoms with Crippen molar-refractivity contribution in [1.82, 2.24) is 24.6 Å². The van der Waals surface area contributed by atoms with Crippen molar-refractivity contribution >= 4 is 37.9 Å². The predicted octanol–water partition coefficient (Wildman–Crippen LogP) is 4.78. The Morgan fingerprint density at radius 2 is 1.97 bits per heavy atom. The van der Waals surface area contributed by atoms with Gasteiger partial charge < -0.3 is 14.5 Å². The number of nitrogens with zero attached hydrogens (tertiary/aromatic N) is 4. The van der Waals surface area contributed by atoms with E-state index < -0.39 is 0 Å². The predicted molar refractivity (Wildman–Crippen MR) is 149 cm³/mol. The van der Waals surface area contributed by atoms with Crippen LogP contribution < -0.4 is 20.6 Å². The van der Waals surface area contributed by atoms with Crippen LogP contribution in [-0.4, -0.2) is 31.2 Å². The summed E-state index contributed by atoms with van der Waals surface area (Å²) in [5, 5.41) is 5.87. The smallest absolute Gasteiger partial charge is 0.275 e. The average molecular weight is 550 g/mol. The Morgan fingerprint density at radius 1 is 1.11 bits per heavy atom. The summed E-state index contributed by atoms with van der Waals surface area (Å²) < 4.78 is 13.2. The van der Waals surface area contributed by atoms with Crippen molar-refractivity contribution in [2.45, 2.75) is 53.1 Å². The van der Waals surface area contributed by atoms with Crippen LogP contribution in [0.15, 0.2) is 33.9 Å². The van der Waals surface area contributed by atoms with Crippen LogP contribution in [0.5, 0.6) is 11.5 Å². The van der Waals surface area contributed by atoms with Crippen LogP contribution in [0.1, 0.15) is 48.3 Å². The Bertz CT molecular complexity index is 1780. The molecule has 0 amide bonds. The minimum absolute atomic E-state index is 0.0996. The number of benzene rings is 1. The number of thiophene rings is 1. The Balaban J connectivity index is 1.30. The zero-order valence-corrected chi connectivity index (χ0v) is 23.0. The third kappa shape index (κ3) is 4.49. The maximum absolute atomic E-state index is 13.1. The van der Waals surface area contributed by atoms with E-state index in [1.165, 1.54) is 26.8 Å². The first-order valence-corrected chi connectivity index (χ1v) is 14.4. The summed E-state index contributed by atoms with van der Waals surface area (Å²) in [5.74, 6) is 2.16. The maximum Gasteiger partial charge on any atom is 0.275 e. The molecule has 4 heterocycles. The van der Waals surface area contributed by atoms with Gasteiger partial charge in [0, 0.05) is 16.5 Å². The molecule has 0 fully saturated rings. The molecule has 1 N–H and O–H groups in total. The Labute approximate surface area is 226 Å². The van der Waals surface area contributed by atoms with Crippen LogP contribution in [0.2, 0.25) is 0 Å². The zero-order chi connectivity index (χ0) is 26.4. The number of aromatic nitrogens is 5. The summed E-state index contributed by atoms with van der Waals surface area (Å²) in [5.41, 5.74) is 2.07. The summed E-state index contributed by atoms with van der Waals surface area (Å²) in [6.45, 7) is 6.67. The number of aromatic amines is 1. The highest BCUT2D eigenvalue weighted by Crippen LogP contribution is 2.37. The minimum atomic E-state index is -0.236. The van der Waals surface area contributed by atoms with E-state index in [0.29, 0.717) is 40.5 Å². The molecule has 38 heavy (non-hydrogen) atoms. The molecule has 1 aromatic carbocycles. The second-order valence-electron chi connectivity index (χ2n) is 9.46. The van der Waals surface area contributed by atoms with Crippen LogP contribution in [0.3, 0.4) is 0 Å². The van der Waals surface area contributed by atoms with E-state index in [1.807, 2.05) is 26.0 Å². The summed E-state index contributed by atoms with van der Waals surface area (Å²) >= 11 is 3.02. The van der Waals surface area contributed by atoms with E-state index in [1.54, 1.807) is 17.4 Å². The Morgan fingerprint density at radius 3 is 2.79 bits per heavy atom. The molecule has 0 saturated heterocycles. The summed E-state index contributed by atoms with van der Waals surface area (Å²) in [4.78, 5) is 40.5. The van der Waals surface area contributed by atoms with Crippen LogP contribution in [0.25, 0.3) is 26.6 Å². The second kappa shape index (κ2) is 9.95. The van der Waals surface area contributed by atoms with Gasteiger partial charge in [-0.15, -0.1) is 11.3 Å². The number of fused-ring (bicyclic) bond motifs is 4. The molecule has 0 radical (unpaired) electrons. The highest BCUT2D eigenvalue weighted by molar-refractivity contribution is 7.18.